The summed E-state index contributed by atoms with van der Waals surface area (Å²) < 4.78 is 1.30. The number of amides is 1. The summed E-state index contributed by atoms with van der Waals surface area (Å²) in [5.41, 5.74) is -0.401. The van der Waals surface area contributed by atoms with Crippen LogP contribution in [0, 0.1) is 17.8 Å². The highest BCUT2D eigenvalue weighted by molar-refractivity contribution is 5.75. The highest BCUT2D eigenvalue weighted by Crippen LogP contribution is 2.19. The molecule has 0 aromatic carbocycles. The Bertz CT molecular complexity index is 458. The average Bonchev–Trinajstić information content (AvgIpc) is 2.31. The number of hydrogen-bond donors (Lipinski definition) is 1. The number of aromatic nitrogens is 2. The molecule has 0 aliphatic heterocycles. The van der Waals surface area contributed by atoms with Gasteiger partial charge in [-0.25, -0.2) is 9.78 Å². The molecule has 0 unspecified atom stereocenters. The average molecular weight is 265 g/mol. The first-order valence-electron chi connectivity index (χ1n) is 6.70. The van der Waals surface area contributed by atoms with Crippen molar-refractivity contribution in [3.8, 4) is 0 Å². The van der Waals surface area contributed by atoms with Gasteiger partial charge in [0, 0.05) is 18.9 Å². The van der Waals surface area contributed by atoms with Crippen LogP contribution >= 0.6 is 0 Å². The third-order valence-electron chi connectivity index (χ3n) is 3.34. The molecule has 5 nitrogen and oxygen atoms in total. The molecule has 0 saturated heterocycles. The zero-order valence-electron chi connectivity index (χ0n) is 12.1. The molecule has 1 amide bonds. The molecular formula is C14H23N3O2. The van der Waals surface area contributed by atoms with Gasteiger partial charge in [0.05, 0.1) is 0 Å². The van der Waals surface area contributed by atoms with Gasteiger partial charge in [-0.3, -0.25) is 9.36 Å². The number of carbonyl (C=O) groups is 1. The molecule has 0 atom stereocenters. The predicted octanol–water partition coefficient (Wildman–Crippen LogP) is 1.29. The van der Waals surface area contributed by atoms with Gasteiger partial charge in [0.2, 0.25) is 5.91 Å². The van der Waals surface area contributed by atoms with Gasteiger partial charge < -0.3 is 5.32 Å². The van der Waals surface area contributed by atoms with Crippen molar-refractivity contribution < 1.29 is 4.79 Å². The Morgan fingerprint density at radius 1 is 1.32 bits per heavy atom. The van der Waals surface area contributed by atoms with Crippen molar-refractivity contribution in [1.29, 1.82) is 0 Å². The van der Waals surface area contributed by atoms with E-state index in [9.17, 15) is 9.59 Å². The van der Waals surface area contributed by atoms with Crippen molar-refractivity contribution >= 4 is 5.91 Å². The molecular weight excluding hydrogens is 242 g/mol. The molecule has 1 aromatic heterocycles. The molecule has 0 saturated carbocycles. The highest BCUT2D eigenvalue weighted by atomic mass is 16.2. The lowest BCUT2D eigenvalue weighted by molar-refractivity contribution is -0.122. The second-order valence-corrected chi connectivity index (χ2v) is 5.49. The molecule has 0 aliphatic carbocycles. The van der Waals surface area contributed by atoms with Crippen LogP contribution in [0.2, 0.25) is 0 Å². The van der Waals surface area contributed by atoms with Gasteiger partial charge >= 0.3 is 5.69 Å². The van der Waals surface area contributed by atoms with E-state index in [-0.39, 0.29) is 12.5 Å². The van der Waals surface area contributed by atoms with Crippen LogP contribution in [0.3, 0.4) is 0 Å². The van der Waals surface area contributed by atoms with E-state index in [0.29, 0.717) is 24.3 Å². The third-order valence-corrected chi connectivity index (χ3v) is 3.34. The van der Waals surface area contributed by atoms with Gasteiger partial charge in [0.15, 0.2) is 0 Å². The minimum atomic E-state index is -0.401. The van der Waals surface area contributed by atoms with E-state index in [4.69, 9.17) is 0 Å². The number of carbonyl (C=O) groups excluding carboxylic acids is 1. The topological polar surface area (TPSA) is 64.0 Å². The maximum Gasteiger partial charge on any atom is 0.347 e. The number of nitrogens with one attached hydrogen (secondary N) is 1. The number of hydrogen-bond acceptors (Lipinski definition) is 3. The second-order valence-electron chi connectivity index (χ2n) is 5.49. The predicted molar refractivity (Wildman–Crippen MR) is 74.7 cm³/mol. The van der Waals surface area contributed by atoms with Gasteiger partial charge in [-0.2, -0.15) is 0 Å². The van der Waals surface area contributed by atoms with E-state index in [1.165, 1.54) is 10.8 Å². The summed E-state index contributed by atoms with van der Waals surface area (Å²) in [4.78, 5) is 26.8. The minimum absolute atomic E-state index is 0.0234. The van der Waals surface area contributed by atoms with Gasteiger partial charge in [-0.1, -0.05) is 27.7 Å². The van der Waals surface area contributed by atoms with E-state index in [2.05, 4.69) is 38.0 Å². The van der Waals surface area contributed by atoms with Crippen LogP contribution in [0.25, 0.3) is 0 Å². The van der Waals surface area contributed by atoms with Crippen LogP contribution in [-0.4, -0.2) is 22.0 Å². The smallest absolute Gasteiger partial charge is 0.347 e. The van der Waals surface area contributed by atoms with E-state index in [1.807, 2.05) is 0 Å². The zero-order chi connectivity index (χ0) is 14.4. The van der Waals surface area contributed by atoms with Gasteiger partial charge in [0.1, 0.15) is 6.54 Å². The summed E-state index contributed by atoms with van der Waals surface area (Å²) in [6.07, 6.45) is 2.99. The Balaban J connectivity index is 2.52. The highest BCUT2D eigenvalue weighted by Gasteiger charge is 2.18. The lowest BCUT2D eigenvalue weighted by atomic mass is 9.85. The van der Waals surface area contributed by atoms with Crippen molar-refractivity contribution in [2.24, 2.45) is 17.8 Å². The first-order valence-corrected chi connectivity index (χ1v) is 6.70. The molecule has 0 fully saturated rings. The van der Waals surface area contributed by atoms with Gasteiger partial charge in [-0.05, 0) is 23.8 Å². The fraction of sp³-hybridized carbons (Fsp3) is 0.643. The maximum absolute atomic E-state index is 11.8. The lowest BCUT2D eigenvalue weighted by Gasteiger charge is -2.25. The Hall–Kier alpha value is -1.65. The van der Waals surface area contributed by atoms with Crippen molar-refractivity contribution in [3.63, 3.8) is 0 Å². The van der Waals surface area contributed by atoms with Crippen LogP contribution < -0.4 is 11.0 Å². The summed E-state index contributed by atoms with van der Waals surface area (Å²) in [5.74, 6) is 1.32. The first kappa shape index (κ1) is 15.4. The summed E-state index contributed by atoms with van der Waals surface area (Å²) >= 11 is 0. The molecule has 106 valence electrons. The van der Waals surface area contributed by atoms with E-state index < -0.39 is 5.69 Å². The fourth-order valence-corrected chi connectivity index (χ4v) is 2.19. The fourth-order valence-electron chi connectivity index (χ4n) is 2.19. The molecule has 1 heterocycles. The third kappa shape index (κ3) is 4.85. The van der Waals surface area contributed by atoms with E-state index >= 15 is 0 Å². The SMILES string of the molecule is CC(C)C(CNC(=O)Cn1cccnc1=O)C(C)C. The minimum Gasteiger partial charge on any atom is -0.354 e. The molecule has 19 heavy (non-hydrogen) atoms. The molecule has 1 rings (SSSR count). The number of nitrogens with zero attached hydrogens (tertiary/aromatic N) is 2. The van der Waals surface area contributed by atoms with Crippen molar-refractivity contribution in [2.45, 2.75) is 34.2 Å². The standard InChI is InChI=1S/C14H23N3O2/c1-10(2)12(11(3)4)8-16-13(18)9-17-7-5-6-15-14(17)19/h5-7,10-12H,8-9H2,1-4H3,(H,16,18). The molecule has 0 spiro atoms. The summed E-state index contributed by atoms with van der Waals surface area (Å²) in [6, 6.07) is 1.64. The van der Waals surface area contributed by atoms with Gasteiger partial charge in [-0.15, -0.1) is 0 Å². The molecule has 1 aromatic rings. The summed E-state index contributed by atoms with van der Waals surface area (Å²) in [6.45, 7) is 9.29. The van der Waals surface area contributed by atoms with E-state index in [0.717, 1.165) is 0 Å². The van der Waals surface area contributed by atoms with Crippen molar-refractivity contribution in [1.82, 2.24) is 14.9 Å². The van der Waals surface area contributed by atoms with Crippen LogP contribution in [0.5, 0.6) is 0 Å². The Morgan fingerprint density at radius 3 is 2.47 bits per heavy atom. The molecule has 0 bridgehead atoms. The monoisotopic (exact) mass is 265 g/mol. The summed E-state index contributed by atoms with van der Waals surface area (Å²) in [7, 11) is 0. The van der Waals surface area contributed by atoms with Gasteiger partial charge in [0.25, 0.3) is 0 Å². The van der Waals surface area contributed by atoms with Crippen molar-refractivity contribution in [3.05, 3.63) is 28.9 Å². The quantitative estimate of drug-likeness (QED) is 0.843. The molecule has 1 N–H and O–H groups in total. The van der Waals surface area contributed by atoms with E-state index in [1.54, 1.807) is 12.3 Å². The maximum atomic E-state index is 11.8. The normalized spacial score (nSPS) is 11.3. The molecule has 5 heteroatoms. The first-order chi connectivity index (χ1) is 8.91. The van der Waals surface area contributed by atoms with Crippen LogP contribution in [-0.2, 0) is 11.3 Å². The Labute approximate surface area is 114 Å². The largest absolute Gasteiger partial charge is 0.354 e. The summed E-state index contributed by atoms with van der Waals surface area (Å²) in [5, 5.41) is 2.89. The van der Waals surface area contributed by atoms with Crippen LogP contribution in [0.1, 0.15) is 27.7 Å². The molecule has 0 radical (unpaired) electrons. The van der Waals surface area contributed by atoms with Crippen molar-refractivity contribution in [2.75, 3.05) is 6.54 Å². The second kappa shape index (κ2) is 7.07. The zero-order valence-corrected chi connectivity index (χ0v) is 12.1. The van der Waals surface area contributed by atoms with Crippen LogP contribution in [0.15, 0.2) is 23.3 Å². The Morgan fingerprint density at radius 2 is 1.95 bits per heavy atom. The number of rotatable bonds is 6. The Kier molecular flexibility index (Phi) is 5.73. The molecule has 0 aliphatic rings. The lowest BCUT2D eigenvalue weighted by Crippen LogP contribution is -2.37. The van der Waals surface area contributed by atoms with Crippen LogP contribution in [0.4, 0.5) is 0 Å².